The van der Waals surface area contributed by atoms with Crippen LogP contribution in [0.25, 0.3) is 0 Å². The molecule has 0 spiro atoms. The second kappa shape index (κ2) is 35.0. The topological polar surface area (TPSA) is 250 Å². The van der Waals surface area contributed by atoms with Crippen molar-refractivity contribution in [3.8, 4) is 17.2 Å². The van der Waals surface area contributed by atoms with Gasteiger partial charge in [-0.1, -0.05) is 125 Å². The van der Waals surface area contributed by atoms with Crippen LogP contribution in [0.15, 0.2) is 113 Å². The van der Waals surface area contributed by atoms with Crippen LogP contribution in [0.2, 0.25) is 0 Å². The molecule has 8 rings (SSSR count). The molecule has 3 aliphatic rings. The highest BCUT2D eigenvalue weighted by atomic mass is 32.2. The molecule has 0 unspecified atom stereocenters. The minimum absolute atomic E-state index is 0. The normalized spacial score (nSPS) is 12.9. The van der Waals surface area contributed by atoms with Crippen molar-refractivity contribution >= 4 is 52.3 Å². The molecule has 3 aliphatic heterocycles. The lowest BCUT2D eigenvalue weighted by Crippen LogP contribution is -2.21. The molecule has 7 N–H and O–H groups in total. The number of hydrogen-bond acceptors (Lipinski definition) is 20. The fraction of sp³-hybridized carbons (Fsp3) is 0.491. The molecular formula is C53H84N10O8S3. The van der Waals surface area contributed by atoms with Crippen molar-refractivity contribution in [2.24, 2.45) is 32.7 Å². The van der Waals surface area contributed by atoms with Crippen LogP contribution in [0.3, 0.4) is 0 Å². The number of aromatic hydroxyl groups is 3. The second-order valence-corrected chi connectivity index (χ2v) is 21.2. The van der Waals surface area contributed by atoms with Gasteiger partial charge in [0.2, 0.25) is 11.8 Å². The molecule has 74 heavy (non-hydrogen) atoms. The van der Waals surface area contributed by atoms with Gasteiger partial charge >= 0.3 is 0 Å². The minimum atomic E-state index is 0. The maximum Gasteiger partial charge on any atom is 0.240 e. The van der Waals surface area contributed by atoms with E-state index in [0.717, 1.165) is 45.4 Å². The van der Waals surface area contributed by atoms with Crippen molar-refractivity contribution in [3.05, 3.63) is 128 Å². The predicted octanol–water partition coefficient (Wildman–Crippen LogP) is 14.2. The third-order valence-electron chi connectivity index (χ3n) is 9.33. The maximum absolute atomic E-state index is 11.4. The molecule has 0 fully saturated rings. The number of thiophene rings is 1. The lowest BCUT2D eigenvalue weighted by molar-refractivity contribution is 0.176. The van der Waals surface area contributed by atoms with Crippen molar-refractivity contribution in [1.29, 1.82) is 0 Å². The summed E-state index contributed by atoms with van der Waals surface area (Å²) in [7, 11) is 0. The molecule has 0 radical (unpaired) electrons. The number of hydrogen-bond donors (Lipinski definition) is 7. The van der Waals surface area contributed by atoms with E-state index in [1.807, 2.05) is 75.3 Å². The molecule has 412 valence electrons. The van der Waals surface area contributed by atoms with Crippen molar-refractivity contribution in [1.82, 2.24) is 35.2 Å². The van der Waals surface area contributed by atoms with Gasteiger partial charge in [-0.15, -0.1) is 11.3 Å². The Morgan fingerprint density at radius 2 is 1.20 bits per heavy atom. The number of rotatable bonds is 8. The third kappa shape index (κ3) is 26.6. The number of aromatic nitrogens is 4. The molecule has 0 bridgehead atoms. The molecular weight excluding hydrogens is 1000 g/mol. The number of H-pyrrole nitrogens is 1. The first-order chi connectivity index (χ1) is 34.1. The lowest BCUT2D eigenvalue weighted by Gasteiger charge is -2.02. The number of nitrogens with zero attached hydrogens (tertiary/aromatic N) is 6. The van der Waals surface area contributed by atoms with Gasteiger partial charge in [-0.25, -0.2) is 20.9 Å². The maximum atomic E-state index is 11.4. The van der Waals surface area contributed by atoms with Gasteiger partial charge in [0, 0.05) is 74.9 Å². The Morgan fingerprint density at radius 3 is 1.43 bits per heavy atom. The summed E-state index contributed by atoms with van der Waals surface area (Å²) in [6, 6.07) is 3.44. The first-order valence-corrected chi connectivity index (χ1v) is 26.4. The second-order valence-electron chi connectivity index (χ2n) is 18.7. The molecule has 0 saturated heterocycles. The predicted molar refractivity (Wildman–Crippen MR) is 307 cm³/mol. The summed E-state index contributed by atoms with van der Waals surface area (Å²) in [5, 5.41) is 37.5. The zero-order valence-corrected chi connectivity index (χ0v) is 48.1. The summed E-state index contributed by atoms with van der Waals surface area (Å²) in [6.07, 6.45) is 5.87. The Hall–Kier alpha value is -6.32. The molecule has 5 aromatic heterocycles. The van der Waals surface area contributed by atoms with Crippen LogP contribution >= 0.6 is 34.8 Å². The standard InChI is InChI=1S/C9H12O2.C7H10O2.C7H10OS.2C6H10N2O.C6H10N2S.C6H9NOS.C5H9N3.CH4/c1-6(2)8-5-11-4-7(3)9(8)10;2*1-5(2)7-3-6(8)4-9-7;3*1-4(2)6-7-5(3)9-8-6;1-4(2)6-5(8)3-9-7-6;1-4(2)5-6-3-7-8-5;/h4-6H,1-3H3;2*3-5,8H,1-2H3;3*4H,3H2,1-2H3,(H,7,8);3-4,8H,1-2H3;3-4H,1-2H3,(H,6,7,8);1H4. The van der Waals surface area contributed by atoms with E-state index in [1.165, 1.54) is 53.5 Å². The Labute approximate surface area is 452 Å². The molecule has 0 atom stereocenters. The first kappa shape index (κ1) is 67.7. The molecule has 8 heterocycles. The van der Waals surface area contributed by atoms with E-state index in [4.69, 9.17) is 33.8 Å². The summed E-state index contributed by atoms with van der Waals surface area (Å²) < 4.78 is 17.0. The number of hydroxylamine groups is 2. The Kier molecular flexibility index (Phi) is 32.0. The van der Waals surface area contributed by atoms with Gasteiger partial charge in [-0.2, -0.15) is 19.5 Å². The van der Waals surface area contributed by atoms with Gasteiger partial charge in [-0.05, 0) is 49.5 Å². The Balaban J connectivity index is 0.000000822. The van der Waals surface area contributed by atoms with Gasteiger partial charge in [-0.3, -0.25) is 9.89 Å². The summed E-state index contributed by atoms with van der Waals surface area (Å²) in [5.74, 6) is 9.48. The van der Waals surface area contributed by atoms with E-state index in [9.17, 15) is 4.79 Å². The number of aliphatic imine (C=N–C) groups is 3. The number of nitrogens with one attached hydrogen (secondary N) is 4. The SMILES string of the molecule is C.C=C1N=C(C(C)C)NO1.C=C1N=C(C(C)C)NO1.C=C1N=C(C(C)C)NS1.CC(C)c1cc(O)co1.CC(C)c1cc(O)cs1.CC(C)c1ncn[nH]1.CC(C)c1nscc1O.Cc1cocc(C(C)C)c1=O. The van der Waals surface area contributed by atoms with Gasteiger partial charge in [0.05, 0.1) is 23.6 Å². The molecule has 0 aliphatic carbocycles. The molecule has 0 saturated carbocycles. The molecule has 5 aromatic rings. The highest BCUT2D eigenvalue weighted by Crippen LogP contribution is 2.27. The van der Waals surface area contributed by atoms with Gasteiger partial charge in [0.15, 0.2) is 11.2 Å². The van der Waals surface area contributed by atoms with Crippen molar-refractivity contribution in [3.63, 3.8) is 0 Å². The van der Waals surface area contributed by atoms with Crippen LogP contribution in [-0.4, -0.2) is 52.4 Å². The highest BCUT2D eigenvalue weighted by molar-refractivity contribution is 8.02. The van der Waals surface area contributed by atoms with Gasteiger partial charge < -0.3 is 38.6 Å². The number of furan rings is 1. The minimum Gasteiger partial charge on any atom is -0.507 e. The Morgan fingerprint density at radius 1 is 0.635 bits per heavy atom. The van der Waals surface area contributed by atoms with Crippen molar-refractivity contribution in [2.75, 3.05) is 0 Å². The summed E-state index contributed by atoms with van der Waals surface area (Å²) in [6.45, 7) is 45.2. The van der Waals surface area contributed by atoms with E-state index in [1.54, 1.807) is 35.1 Å². The zero-order valence-electron chi connectivity index (χ0n) is 45.6. The van der Waals surface area contributed by atoms with Crippen LogP contribution in [0.4, 0.5) is 0 Å². The van der Waals surface area contributed by atoms with E-state index < -0.39 is 0 Å². The summed E-state index contributed by atoms with van der Waals surface area (Å²) in [5.41, 5.74) is 7.65. The summed E-state index contributed by atoms with van der Waals surface area (Å²) in [4.78, 5) is 38.2. The molecule has 18 nitrogen and oxygen atoms in total. The highest BCUT2D eigenvalue weighted by Gasteiger charge is 2.14. The van der Waals surface area contributed by atoms with Crippen LogP contribution in [0, 0.1) is 24.7 Å². The van der Waals surface area contributed by atoms with Crippen molar-refractivity contribution < 1.29 is 33.8 Å². The van der Waals surface area contributed by atoms with Crippen LogP contribution in [0.5, 0.6) is 17.2 Å². The molecule has 0 amide bonds. The molecule has 0 aromatic carbocycles. The smallest absolute Gasteiger partial charge is 0.240 e. The number of aromatic amines is 1. The first-order valence-electron chi connectivity index (χ1n) is 23.9. The molecule has 21 heteroatoms. The van der Waals surface area contributed by atoms with Crippen LogP contribution in [-0.2, 0) is 9.68 Å². The number of aryl methyl sites for hydroxylation is 1. The van der Waals surface area contributed by atoms with E-state index in [2.05, 4.69) is 111 Å². The summed E-state index contributed by atoms with van der Waals surface area (Å²) >= 11 is 4.39. The average Bonchev–Trinajstić information content (AvgIpc) is 4.17. The lowest BCUT2D eigenvalue weighted by atomic mass is 10.0. The Bertz CT molecular complexity index is 2410. The largest absolute Gasteiger partial charge is 0.507 e. The average molecular weight is 1090 g/mol. The number of amidine groups is 3. The fourth-order valence-corrected chi connectivity index (χ4v) is 7.11. The monoisotopic (exact) mass is 1080 g/mol. The van der Waals surface area contributed by atoms with E-state index in [0.29, 0.717) is 70.3 Å². The quantitative estimate of drug-likeness (QED) is 0.0714. The van der Waals surface area contributed by atoms with E-state index in [-0.39, 0.29) is 24.5 Å². The van der Waals surface area contributed by atoms with Gasteiger partial charge in [0.1, 0.15) is 58.2 Å². The van der Waals surface area contributed by atoms with Crippen LogP contribution in [0.1, 0.15) is 181 Å². The zero-order chi connectivity index (χ0) is 55.5. The van der Waals surface area contributed by atoms with Crippen molar-refractivity contribution in [2.45, 2.75) is 155 Å². The van der Waals surface area contributed by atoms with E-state index >= 15 is 0 Å². The van der Waals surface area contributed by atoms with Gasteiger partial charge in [0.25, 0.3) is 0 Å². The van der Waals surface area contributed by atoms with Crippen LogP contribution < -0.4 is 21.1 Å². The third-order valence-corrected chi connectivity index (χ3v) is 11.8. The fourth-order valence-electron chi connectivity index (χ4n) is 4.98.